The summed E-state index contributed by atoms with van der Waals surface area (Å²) < 4.78 is 11.4. The molecule has 0 saturated carbocycles. The van der Waals surface area contributed by atoms with Gasteiger partial charge in [-0.1, -0.05) is 26.0 Å². The number of aromatic nitrogens is 1. The van der Waals surface area contributed by atoms with Crippen LogP contribution < -0.4 is 10.5 Å². The molecule has 4 heteroatoms. The van der Waals surface area contributed by atoms with Gasteiger partial charge in [0.15, 0.2) is 0 Å². The van der Waals surface area contributed by atoms with Crippen LogP contribution >= 0.6 is 0 Å². The van der Waals surface area contributed by atoms with E-state index in [9.17, 15) is 0 Å². The Morgan fingerprint density at radius 2 is 2.00 bits per heavy atom. The van der Waals surface area contributed by atoms with Crippen LogP contribution in [0.2, 0.25) is 0 Å². The Morgan fingerprint density at radius 3 is 2.75 bits per heavy atom. The van der Waals surface area contributed by atoms with E-state index in [0.29, 0.717) is 25.7 Å². The van der Waals surface area contributed by atoms with E-state index in [1.807, 2.05) is 24.3 Å². The third-order valence-corrected chi connectivity index (χ3v) is 2.94. The highest BCUT2D eigenvalue weighted by Crippen LogP contribution is 2.27. The molecule has 0 fully saturated rings. The molecule has 2 N–H and O–H groups in total. The van der Waals surface area contributed by atoms with Gasteiger partial charge in [-0.3, -0.25) is 4.98 Å². The largest absolute Gasteiger partial charge is 0.490 e. The molecular weight excluding hydrogens is 252 g/mol. The summed E-state index contributed by atoms with van der Waals surface area (Å²) in [4.78, 5) is 4.39. The highest BCUT2D eigenvalue weighted by atomic mass is 16.5. The molecule has 0 aliphatic heterocycles. The topological polar surface area (TPSA) is 57.4 Å². The minimum Gasteiger partial charge on any atom is -0.490 e. The van der Waals surface area contributed by atoms with Crippen LogP contribution in [0.5, 0.6) is 5.75 Å². The fraction of sp³-hybridized carbons (Fsp3) is 0.438. The number of nitrogens with two attached hydrogens (primary N) is 1. The average molecular weight is 274 g/mol. The Morgan fingerprint density at radius 1 is 1.20 bits per heavy atom. The maximum Gasteiger partial charge on any atom is 0.134 e. The standard InChI is InChI=1S/C16H22N2O2/c1-12(2)11-19-7-8-20-16-13(9-17)10-18-15-6-4-3-5-14(15)16/h3-6,10,12H,7-9,11,17H2,1-2H3. The minimum absolute atomic E-state index is 0.417. The first-order valence-corrected chi connectivity index (χ1v) is 6.99. The summed E-state index contributed by atoms with van der Waals surface area (Å²) in [5.74, 6) is 1.36. The number of hydrogen-bond donors (Lipinski definition) is 1. The number of rotatable bonds is 7. The van der Waals surface area contributed by atoms with Crippen molar-refractivity contribution >= 4 is 10.9 Å². The van der Waals surface area contributed by atoms with Crippen molar-refractivity contribution in [3.8, 4) is 5.75 Å². The molecule has 108 valence electrons. The SMILES string of the molecule is CC(C)COCCOc1c(CN)cnc2ccccc12. The van der Waals surface area contributed by atoms with Crippen molar-refractivity contribution in [1.29, 1.82) is 0 Å². The number of pyridine rings is 1. The van der Waals surface area contributed by atoms with Crippen molar-refractivity contribution in [2.45, 2.75) is 20.4 Å². The average Bonchev–Trinajstić information content (AvgIpc) is 2.46. The van der Waals surface area contributed by atoms with Crippen molar-refractivity contribution in [2.24, 2.45) is 11.7 Å². The van der Waals surface area contributed by atoms with Gasteiger partial charge in [0.05, 0.1) is 12.1 Å². The molecule has 2 aromatic rings. The van der Waals surface area contributed by atoms with Crippen molar-refractivity contribution < 1.29 is 9.47 Å². The highest BCUT2D eigenvalue weighted by molar-refractivity contribution is 5.86. The lowest BCUT2D eigenvalue weighted by Crippen LogP contribution is -2.12. The van der Waals surface area contributed by atoms with Gasteiger partial charge in [-0.2, -0.15) is 0 Å². The second-order valence-corrected chi connectivity index (χ2v) is 5.15. The molecule has 0 spiro atoms. The van der Waals surface area contributed by atoms with E-state index in [1.54, 1.807) is 6.20 Å². The number of fused-ring (bicyclic) bond motifs is 1. The Kier molecular flexibility index (Phi) is 5.32. The quantitative estimate of drug-likeness (QED) is 0.789. The first-order chi connectivity index (χ1) is 9.72. The molecule has 4 nitrogen and oxygen atoms in total. The van der Waals surface area contributed by atoms with Crippen molar-refractivity contribution in [3.63, 3.8) is 0 Å². The van der Waals surface area contributed by atoms with Gasteiger partial charge in [-0.15, -0.1) is 0 Å². The third-order valence-electron chi connectivity index (χ3n) is 2.94. The van der Waals surface area contributed by atoms with Gasteiger partial charge in [0.2, 0.25) is 0 Å². The van der Waals surface area contributed by atoms with Gasteiger partial charge in [0.25, 0.3) is 0 Å². The first-order valence-electron chi connectivity index (χ1n) is 6.99. The molecule has 0 amide bonds. The van der Waals surface area contributed by atoms with Gasteiger partial charge in [0, 0.05) is 30.3 Å². The van der Waals surface area contributed by atoms with Crippen LogP contribution in [-0.4, -0.2) is 24.8 Å². The van der Waals surface area contributed by atoms with Gasteiger partial charge in [0.1, 0.15) is 12.4 Å². The van der Waals surface area contributed by atoms with Crippen LogP contribution in [0.15, 0.2) is 30.5 Å². The molecule has 1 aromatic heterocycles. The zero-order chi connectivity index (χ0) is 14.4. The second kappa shape index (κ2) is 7.22. The predicted molar refractivity (Wildman–Crippen MR) is 80.8 cm³/mol. The maximum absolute atomic E-state index is 5.88. The Labute approximate surface area is 119 Å². The fourth-order valence-electron chi connectivity index (χ4n) is 1.99. The van der Waals surface area contributed by atoms with Gasteiger partial charge >= 0.3 is 0 Å². The fourth-order valence-corrected chi connectivity index (χ4v) is 1.99. The molecule has 0 atom stereocenters. The van der Waals surface area contributed by atoms with Crippen molar-refractivity contribution in [1.82, 2.24) is 4.98 Å². The lowest BCUT2D eigenvalue weighted by molar-refractivity contribution is 0.0820. The van der Waals surface area contributed by atoms with Crippen LogP contribution in [0.25, 0.3) is 10.9 Å². The van der Waals surface area contributed by atoms with E-state index in [1.165, 1.54) is 0 Å². The second-order valence-electron chi connectivity index (χ2n) is 5.15. The summed E-state index contributed by atoms with van der Waals surface area (Å²) in [6.07, 6.45) is 1.78. The summed E-state index contributed by atoms with van der Waals surface area (Å²) in [6.45, 7) is 6.53. The van der Waals surface area contributed by atoms with Crippen LogP contribution in [0.3, 0.4) is 0 Å². The number of hydrogen-bond acceptors (Lipinski definition) is 4. The van der Waals surface area contributed by atoms with Crippen LogP contribution in [-0.2, 0) is 11.3 Å². The Bertz CT molecular complexity index is 555. The molecule has 0 unspecified atom stereocenters. The lowest BCUT2D eigenvalue weighted by atomic mass is 10.1. The van der Waals surface area contributed by atoms with Crippen LogP contribution in [0, 0.1) is 5.92 Å². The molecule has 1 heterocycles. The van der Waals surface area contributed by atoms with E-state index in [-0.39, 0.29) is 0 Å². The Hall–Kier alpha value is -1.65. The van der Waals surface area contributed by atoms with Crippen LogP contribution in [0.4, 0.5) is 0 Å². The monoisotopic (exact) mass is 274 g/mol. The lowest BCUT2D eigenvalue weighted by Gasteiger charge is -2.13. The molecule has 0 aliphatic carbocycles. The molecule has 0 bridgehead atoms. The smallest absolute Gasteiger partial charge is 0.134 e. The van der Waals surface area contributed by atoms with Gasteiger partial charge in [-0.05, 0) is 18.1 Å². The summed E-state index contributed by atoms with van der Waals surface area (Å²) in [7, 11) is 0. The van der Waals surface area contributed by atoms with E-state index in [0.717, 1.165) is 28.8 Å². The number of ether oxygens (including phenoxy) is 2. The summed E-state index contributed by atoms with van der Waals surface area (Å²) in [6, 6.07) is 7.92. The summed E-state index contributed by atoms with van der Waals surface area (Å²) in [5.41, 5.74) is 7.60. The maximum atomic E-state index is 5.88. The number of benzene rings is 1. The van der Waals surface area contributed by atoms with Crippen LogP contribution in [0.1, 0.15) is 19.4 Å². The Balaban J connectivity index is 2.07. The van der Waals surface area contributed by atoms with E-state index < -0.39 is 0 Å². The molecular formula is C16H22N2O2. The zero-order valence-electron chi connectivity index (χ0n) is 12.1. The van der Waals surface area contributed by atoms with Gasteiger partial charge < -0.3 is 15.2 Å². The minimum atomic E-state index is 0.417. The third kappa shape index (κ3) is 3.68. The molecule has 0 saturated heterocycles. The molecule has 0 radical (unpaired) electrons. The van der Waals surface area contributed by atoms with Gasteiger partial charge in [-0.25, -0.2) is 0 Å². The normalized spacial score (nSPS) is 11.2. The summed E-state index contributed by atoms with van der Waals surface area (Å²) in [5, 5.41) is 0.999. The zero-order valence-corrected chi connectivity index (χ0v) is 12.1. The van der Waals surface area contributed by atoms with E-state index in [4.69, 9.17) is 15.2 Å². The number of para-hydroxylation sites is 1. The highest BCUT2D eigenvalue weighted by Gasteiger charge is 2.08. The predicted octanol–water partition coefficient (Wildman–Crippen LogP) is 2.74. The molecule has 0 aliphatic rings. The van der Waals surface area contributed by atoms with E-state index in [2.05, 4.69) is 18.8 Å². The molecule has 20 heavy (non-hydrogen) atoms. The van der Waals surface area contributed by atoms with E-state index >= 15 is 0 Å². The first kappa shape index (κ1) is 14.8. The molecule has 1 aromatic carbocycles. The summed E-state index contributed by atoms with van der Waals surface area (Å²) >= 11 is 0. The number of nitrogens with zero attached hydrogens (tertiary/aromatic N) is 1. The van der Waals surface area contributed by atoms with Crippen molar-refractivity contribution in [2.75, 3.05) is 19.8 Å². The molecule has 2 rings (SSSR count). The van der Waals surface area contributed by atoms with Crippen molar-refractivity contribution in [3.05, 3.63) is 36.0 Å².